The number of rotatable bonds is 3. The first kappa shape index (κ1) is 14.7. The van der Waals surface area contributed by atoms with E-state index in [1.807, 2.05) is 18.2 Å². The van der Waals surface area contributed by atoms with Crippen LogP contribution in [0.15, 0.2) is 42.5 Å². The van der Waals surface area contributed by atoms with Gasteiger partial charge >= 0.3 is 0 Å². The van der Waals surface area contributed by atoms with Crippen LogP contribution >= 0.6 is 23.2 Å². The first-order valence-electron chi connectivity index (χ1n) is 7.13. The molecule has 0 bridgehead atoms. The number of nitrogens with zero attached hydrogens (tertiary/aromatic N) is 1. The van der Waals surface area contributed by atoms with Crippen molar-refractivity contribution in [1.29, 1.82) is 0 Å². The van der Waals surface area contributed by atoms with Crippen molar-refractivity contribution in [2.45, 2.75) is 25.4 Å². The van der Waals surface area contributed by atoms with Crippen molar-refractivity contribution in [3.05, 3.63) is 63.6 Å². The van der Waals surface area contributed by atoms with Crippen molar-refractivity contribution >= 4 is 28.9 Å². The molecule has 2 N–H and O–H groups in total. The lowest BCUT2D eigenvalue weighted by atomic mass is 10.0. The minimum absolute atomic E-state index is 0.00940. The summed E-state index contributed by atoms with van der Waals surface area (Å²) in [6.07, 6.45) is 1.02. The van der Waals surface area contributed by atoms with Crippen LogP contribution in [0.25, 0.3) is 0 Å². The predicted octanol–water partition coefficient (Wildman–Crippen LogP) is 4.44. The normalized spacial score (nSPS) is 18.7. The fourth-order valence-electron chi connectivity index (χ4n) is 3.26. The summed E-state index contributed by atoms with van der Waals surface area (Å²) in [6, 6.07) is 14.4. The second-order valence-electron chi connectivity index (χ2n) is 5.48. The lowest BCUT2D eigenvalue weighted by Crippen LogP contribution is -2.38. The maximum absolute atomic E-state index is 6.39. The third-order valence-corrected chi connectivity index (χ3v) is 4.81. The third-order valence-electron chi connectivity index (χ3n) is 4.15. The van der Waals surface area contributed by atoms with Crippen LogP contribution < -0.4 is 10.6 Å². The average Bonchev–Trinajstić information content (AvgIpc) is 2.79. The van der Waals surface area contributed by atoms with E-state index in [0.717, 1.165) is 12.0 Å². The minimum Gasteiger partial charge on any atom is -0.360 e. The summed E-state index contributed by atoms with van der Waals surface area (Å²) in [5.41, 5.74) is 9.59. The van der Waals surface area contributed by atoms with E-state index in [1.165, 1.54) is 11.3 Å². The average molecular weight is 321 g/mol. The van der Waals surface area contributed by atoms with Gasteiger partial charge in [-0.05, 0) is 37.1 Å². The zero-order valence-corrected chi connectivity index (χ0v) is 13.4. The van der Waals surface area contributed by atoms with E-state index in [0.29, 0.717) is 22.6 Å². The summed E-state index contributed by atoms with van der Waals surface area (Å²) in [6.45, 7) is 2.69. The monoisotopic (exact) mass is 320 g/mol. The van der Waals surface area contributed by atoms with Crippen molar-refractivity contribution in [2.24, 2.45) is 5.73 Å². The number of nitrogens with two attached hydrogens (primary N) is 1. The smallest absolute Gasteiger partial charge is 0.0697 e. The van der Waals surface area contributed by atoms with Gasteiger partial charge in [0.1, 0.15) is 0 Å². The molecular formula is C17H18Cl2N2. The van der Waals surface area contributed by atoms with Gasteiger partial charge in [0.15, 0.2) is 0 Å². The molecule has 2 nitrogen and oxygen atoms in total. The molecule has 0 aliphatic carbocycles. The molecule has 2 atom stereocenters. The standard InChI is InChI=1S/C17H18Cl2N2/c1-11-9-12-5-2-3-8-15(12)21(11)16(10-20)17-13(18)6-4-7-14(17)19/h2-8,11,16H,9-10,20H2,1H3. The van der Waals surface area contributed by atoms with Crippen LogP contribution in [0.1, 0.15) is 24.1 Å². The molecule has 0 fully saturated rings. The highest BCUT2D eigenvalue weighted by atomic mass is 35.5. The summed E-state index contributed by atoms with van der Waals surface area (Å²) >= 11 is 12.8. The van der Waals surface area contributed by atoms with Crippen LogP contribution in [0.4, 0.5) is 5.69 Å². The van der Waals surface area contributed by atoms with Crippen LogP contribution in [-0.2, 0) is 6.42 Å². The van der Waals surface area contributed by atoms with Crippen LogP contribution in [0, 0.1) is 0 Å². The second-order valence-corrected chi connectivity index (χ2v) is 6.29. The van der Waals surface area contributed by atoms with Gasteiger partial charge in [-0.3, -0.25) is 0 Å². The van der Waals surface area contributed by atoms with Gasteiger partial charge in [0.25, 0.3) is 0 Å². The van der Waals surface area contributed by atoms with E-state index >= 15 is 0 Å². The molecule has 2 unspecified atom stereocenters. The van der Waals surface area contributed by atoms with Gasteiger partial charge < -0.3 is 10.6 Å². The number of fused-ring (bicyclic) bond motifs is 1. The van der Waals surface area contributed by atoms with Crippen LogP contribution in [0.2, 0.25) is 10.0 Å². The quantitative estimate of drug-likeness (QED) is 0.905. The highest BCUT2D eigenvalue weighted by Crippen LogP contribution is 2.41. The summed E-state index contributed by atoms with van der Waals surface area (Å²) in [4.78, 5) is 2.35. The molecule has 110 valence electrons. The Hall–Kier alpha value is -1.22. The van der Waals surface area contributed by atoms with E-state index in [2.05, 4.69) is 36.1 Å². The molecule has 0 aromatic heterocycles. The van der Waals surface area contributed by atoms with Crippen LogP contribution in [-0.4, -0.2) is 12.6 Å². The Bertz CT molecular complexity index is 637. The molecule has 1 aliphatic heterocycles. The zero-order chi connectivity index (χ0) is 15.0. The topological polar surface area (TPSA) is 29.3 Å². The molecule has 1 heterocycles. The summed E-state index contributed by atoms with van der Waals surface area (Å²) in [5.74, 6) is 0. The first-order chi connectivity index (χ1) is 10.1. The van der Waals surface area contributed by atoms with E-state index in [-0.39, 0.29) is 6.04 Å². The molecule has 0 amide bonds. The van der Waals surface area contributed by atoms with Gasteiger partial charge in [-0.1, -0.05) is 47.5 Å². The molecule has 0 radical (unpaired) electrons. The molecular weight excluding hydrogens is 303 g/mol. The Morgan fingerprint density at radius 1 is 1.14 bits per heavy atom. The van der Waals surface area contributed by atoms with E-state index in [1.54, 1.807) is 0 Å². The highest BCUT2D eigenvalue weighted by molar-refractivity contribution is 6.36. The van der Waals surface area contributed by atoms with Gasteiger partial charge in [0.2, 0.25) is 0 Å². The van der Waals surface area contributed by atoms with Crippen molar-refractivity contribution in [2.75, 3.05) is 11.4 Å². The zero-order valence-electron chi connectivity index (χ0n) is 11.9. The first-order valence-corrected chi connectivity index (χ1v) is 7.89. The molecule has 2 aromatic carbocycles. The molecule has 3 rings (SSSR count). The molecule has 1 aliphatic rings. The molecule has 2 aromatic rings. The maximum atomic E-state index is 6.39. The van der Waals surface area contributed by atoms with Crippen molar-refractivity contribution in [3.8, 4) is 0 Å². The highest BCUT2D eigenvalue weighted by Gasteiger charge is 2.33. The minimum atomic E-state index is -0.00940. The maximum Gasteiger partial charge on any atom is 0.0697 e. The molecule has 0 spiro atoms. The lowest BCUT2D eigenvalue weighted by Gasteiger charge is -2.34. The number of para-hydroxylation sites is 1. The van der Waals surface area contributed by atoms with Crippen LogP contribution in [0.5, 0.6) is 0 Å². The number of hydrogen-bond donors (Lipinski definition) is 1. The molecule has 0 saturated carbocycles. The van der Waals surface area contributed by atoms with Gasteiger partial charge in [-0.25, -0.2) is 0 Å². The van der Waals surface area contributed by atoms with Crippen molar-refractivity contribution in [1.82, 2.24) is 0 Å². The Morgan fingerprint density at radius 2 is 1.81 bits per heavy atom. The Labute approximate surface area is 135 Å². The van der Waals surface area contributed by atoms with E-state index in [9.17, 15) is 0 Å². The van der Waals surface area contributed by atoms with Crippen LogP contribution in [0.3, 0.4) is 0 Å². The Balaban J connectivity index is 2.09. The largest absolute Gasteiger partial charge is 0.360 e. The number of benzene rings is 2. The van der Waals surface area contributed by atoms with E-state index < -0.39 is 0 Å². The van der Waals surface area contributed by atoms with Gasteiger partial charge in [0, 0.05) is 33.9 Å². The van der Waals surface area contributed by atoms with Gasteiger partial charge in [-0.2, -0.15) is 0 Å². The summed E-state index contributed by atoms with van der Waals surface area (Å²) < 4.78 is 0. The molecule has 0 saturated heterocycles. The summed E-state index contributed by atoms with van der Waals surface area (Å²) in [7, 11) is 0. The lowest BCUT2D eigenvalue weighted by molar-refractivity contribution is 0.569. The van der Waals surface area contributed by atoms with Crippen molar-refractivity contribution in [3.63, 3.8) is 0 Å². The van der Waals surface area contributed by atoms with Gasteiger partial charge in [0.05, 0.1) is 6.04 Å². The number of hydrogen-bond acceptors (Lipinski definition) is 2. The van der Waals surface area contributed by atoms with E-state index in [4.69, 9.17) is 28.9 Å². The van der Waals surface area contributed by atoms with Crippen molar-refractivity contribution < 1.29 is 0 Å². The summed E-state index contributed by atoms with van der Waals surface area (Å²) in [5, 5.41) is 1.35. The van der Waals surface area contributed by atoms with Gasteiger partial charge in [-0.15, -0.1) is 0 Å². The number of halogens is 2. The Kier molecular flexibility index (Phi) is 4.12. The molecule has 4 heteroatoms. The fraction of sp³-hybridized carbons (Fsp3) is 0.294. The third kappa shape index (κ3) is 2.52. The SMILES string of the molecule is CC1Cc2ccccc2N1C(CN)c1c(Cl)cccc1Cl. The fourth-order valence-corrected chi connectivity index (χ4v) is 3.91. The molecule has 21 heavy (non-hydrogen) atoms. The Morgan fingerprint density at radius 3 is 2.48 bits per heavy atom. The predicted molar refractivity (Wildman–Crippen MR) is 90.3 cm³/mol. The second kappa shape index (κ2) is 5.88. The number of anilines is 1.